The standard InChI is InChI=1S/C16H23NO3/c1-13-5-3-4-6-14(13)20-11-15(18)17-12-16(2)7-9-19-10-8-16/h3-6H,7-12H2,1-2H3,(H,17,18). The van der Waals surface area contributed by atoms with Crippen molar-refractivity contribution < 1.29 is 14.3 Å². The van der Waals surface area contributed by atoms with Crippen LogP contribution in [0, 0.1) is 12.3 Å². The summed E-state index contributed by atoms with van der Waals surface area (Å²) in [4.78, 5) is 11.8. The van der Waals surface area contributed by atoms with E-state index in [2.05, 4.69) is 12.2 Å². The van der Waals surface area contributed by atoms with E-state index in [9.17, 15) is 4.79 Å². The van der Waals surface area contributed by atoms with Crippen LogP contribution in [-0.4, -0.2) is 32.3 Å². The summed E-state index contributed by atoms with van der Waals surface area (Å²) >= 11 is 0. The molecule has 110 valence electrons. The first-order valence-electron chi connectivity index (χ1n) is 7.12. The highest BCUT2D eigenvalue weighted by Gasteiger charge is 2.27. The minimum Gasteiger partial charge on any atom is -0.484 e. The van der Waals surface area contributed by atoms with E-state index in [1.165, 1.54) is 0 Å². The van der Waals surface area contributed by atoms with Crippen LogP contribution in [0.2, 0.25) is 0 Å². The van der Waals surface area contributed by atoms with Crippen LogP contribution in [0.15, 0.2) is 24.3 Å². The molecular formula is C16H23NO3. The van der Waals surface area contributed by atoms with Crippen LogP contribution < -0.4 is 10.1 Å². The molecule has 1 fully saturated rings. The first kappa shape index (κ1) is 14.9. The van der Waals surface area contributed by atoms with E-state index < -0.39 is 0 Å². The molecule has 1 amide bonds. The smallest absolute Gasteiger partial charge is 0.257 e. The Bertz CT molecular complexity index is 453. The SMILES string of the molecule is Cc1ccccc1OCC(=O)NCC1(C)CCOCC1. The molecule has 0 atom stereocenters. The molecule has 1 N–H and O–H groups in total. The van der Waals surface area contributed by atoms with Gasteiger partial charge in [0.05, 0.1) is 0 Å². The fourth-order valence-corrected chi connectivity index (χ4v) is 2.27. The maximum Gasteiger partial charge on any atom is 0.257 e. The summed E-state index contributed by atoms with van der Waals surface area (Å²) in [6.07, 6.45) is 1.98. The second kappa shape index (κ2) is 6.75. The molecule has 0 unspecified atom stereocenters. The lowest BCUT2D eigenvalue weighted by Gasteiger charge is -2.33. The number of ether oxygens (including phenoxy) is 2. The molecule has 20 heavy (non-hydrogen) atoms. The molecule has 0 bridgehead atoms. The second-order valence-corrected chi connectivity index (χ2v) is 5.75. The number of hydrogen-bond acceptors (Lipinski definition) is 3. The maximum atomic E-state index is 11.8. The van der Waals surface area contributed by atoms with Crippen molar-refractivity contribution in [3.05, 3.63) is 29.8 Å². The molecule has 0 aliphatic carbocycles. The monoisotopic (exact) mass is 277 g/mol. The molecule has 1 aliphatic rings. The molecule has 4 heteroatoms. The van der Waals surface area contributed by atoms with Gasteiger partial charge in [0.25, 0.3) is 5.91 Å². The Kier molecular flexibility index (Phi) is 5.01. The van der Waals surface area contributed by atoms with Crippen molar-refractivity contribution in [2.45, 2.75) is 26.7 Å². The van der Waals surface area contributed by atoms with Crippen molar-refractivity contribution in [1.29, 1.82) is 0 Å². The Morgan fingerprint density at radius 3 is 2.75 bits per heavy atom. The van der Waals surface area contributed by atoms with E-state index >= 15 is 0 Å². The predicted octanol–water partition coefficient (Wildman–Crippen LogP) is 2.31. The van der Waals surface area contributed by atoms with E-state index in [1.54, 1.807) is 0 Å². The van der Waals surface area contributed by atoms with Gasteiger partial charge in [-0.25, -0.2) is 0 Å². The van der Waals surface area contributed by atoms with Crippen LogP contribution in [0.1, 0.15) is 25.3 Å². The van der Waals surface area contributed by atoms with Gasteiger partial charge in [-0.05, 0) is 36.8 Å². The summed E-state index contributed by atoms with van der Waals surface area (Å²) < 4.78 is 10.9. The highest BCUT2D eigenvalue weighted by molar-refractivity contribution is 5.77. The van der Waals surface area contributed by atoms with Gasteiger partial charge in [-0.3, -0.25) is 4.79 Å². The van der Waals surface area contributed by atoms with Crippen molar-refractivity contribution in [3.63, 3.8) is 0 Å². The lowest BCUT2D eigenvalue weighted by molar-refractivity contribution is -0.124. The molecule has 0 saturated carbocycles. The summed E-state index contributed by atoms with van der Waals surface area (Å²) in [5.74, 6) is 0.695. The molecule has 0 aromatic heterocycles. The van der Waals surface area contributed by atoms with E-state index in [1.807, 2.05) is 31.2 Å². The summed E-state index contributed by atoms with van der Waals surface area (Å²) in [7, 11) is 0. The van der Waals surface area contributed by atoms with Crippen LogP contribution in [-0.2, 0) is 9.53 Å². The minimum absolute atomic E-state index is 0.0669. The fourth-order valence-electron chi connectivity index (χ4n) is 2.27. The Hall–Kier alpha value is -1.55. The van der Waals surface area contributed by atoms with Crippen LogP contribution in [0.4, 0.5) is 0 Å². The lowest BCUT2D eigenvalue weighted by Crippen LogP contribution is -2.41. The fraction of sp³-hybridized carbons (Fsp3) is 0.562. The number of carbonyl (C=O) groups is 1. The van der Waals surface area contributed by atoms with E-state index in [0.29, 0.717) is 6.54 Å². The van der Waals surface area contributed by atoms with E-state index in [4.69, 9.17) is 9.47 Å². The van der Waals surface area contributed by atoms with Gasteiger partial charge in [-0.1, -0.05) is 25.1 Å². The largest absolute Gasteiger partial charge is 0.484 e. The van der Waals surface area contributed by atoms with Crippen molar-refractivity contribution in [3.8, 4) is 5.75 Å². The molecule has 1 saturated heterocycles. The van der Waals surface area contributed by atoms with Gasteiger partial charge in [-0.2, -0.15) is 0 Å². The third kappa shape index (κ3) is 4.23. The van der Waals surface area contributed by atoms with Crippen molar-refractivity contribution in [1.82, 2.24) is 5.32 Å². The van der Waals surface area contributed by atoms with E-state index in [-0.39, 0.29) is 17.9 Å². The first-order valence-corrected chi connectivity index (χ1v) is 7.12. The highest BCUT2D eigenvalue weighted by atomic mass is 16.5. The molecule has 1 heterocycles. The Balaban J connectivity index is 1.74. The van der Waals surface area contributed by atoms with Gasteiger partial charge in [0.2, 0.25) is 0 Å². The van der Waals surface area contributed by atoms with Gasteiger partial charge in [0.15, 0.2) is 6.61 Å². The number of nitrogens with one attached hydrogen (secondary N) is 1. The van der Waals surface area contributed by atoms with Crippen molar-refractivity contribution in [2.75, 3.05) is 26.4 Å². The van der Waals surface area contributed by atoms with Crippen LogP contribution in [0.5, 0.6) is 5.75 Å². The third-order valence-electron chi connectivity index (χ3n) is 3.86. The summed E-state index contributed by atoms with van der Waals surface area (Å²) in [5, 5.41) is 2.96. The maximum absolute atomic E-state index is 11.8. The van der Waals surface area contributed by atoms with Crippen molar-refractivity contribution >= 4 is 5.91 Å². The van der Waals surface area contributed by atoms with Crippen LogP contribution >= 0.6 is 0 Å². The van der Waals surface area contributed by atoms with Gasteiger partial charge >= 0.3 is 0 Å². The van der Waals surface area contributed by atoms with Crippen LogP contribution in [0.3, 0.4) is 0 Å². The van der Waals surface area contributed by atoms with Crippen LogP contribution in [0.25, 0.3) is 0 Å². The Morgan fingerprint density at radius 2 is 2.05 bits per heavy atom. The molecule has 1 aromatic carbocycles. The molecule has 2 rings (SSSR count). The zero-order chi connectivity index (χ0) is 14.4. The number of amides is 1. The molecular weight excluding hydrogens is 254 g/mol. The summed E-state index contributed by atoms with van der Waals surface area (Å²) in [6.45, 7) is 6.48. The average molecular weight is 277 g/mol. The molecule has 1 aromatic rings. The quantitative estimate of drug-likeness (QED) is 0.898. The average Bonchev–Trinajstić information content (AvgIpc) is 2.45. The zero-order valence-corrected chi connectivity index (χ0v) is 12.3. The van der Waals surface area contributed by atoms with Crippen molar-refractivity contribution in [2.24, 2.45) is 5.41 Å². The normalized spacial score (nSPS) is 17.5. The van der Waals surface area contributed by atoms with Gasteiger partial charge in [0.1, 0.15) is 5.75 Å². The number of aryl methyl sites for hydroxylation is 1. The number of rotatable bonds is 5. The topological polar surface area (TPSA) is 47.6 Å². The second-order valence-electron chi connectivity index (χ2n) is 5.75. The van der Waals surface area contributed by atoms with Gasteiger partial charge in [0, 0.05) is 19.8 Å². The van der Waals surface area contributed by atoms with Gasteiger partial charge < -0.3 is 14.8 Å². The molecule has 1 aliphatic heterocycles. The predicted molar refractivity (Wildman–Crippen MR) is 77.8 cm³/mol. The Morgan fingerprint density at radius 1 is 1.35 bits per heavy atom. The minimum atomic E-state index is -0.0685. The lowest BCUT2D eigenvalue weighted by atomic mass is 9.82. The van der Waals surface area contributed by atoms with E-state index in [0.717, 1.165) is 37.4 Å². The zero-order valence-electron chi connectivity index (χ0n) is 12.3. The third-order valence-corrected chi connectivity index (χ3v) is 3.86. The summed E-state index contributed by atoms with van der Waals surface area (Å²) in [6, 6.07) is 7.70. The highest BCUT2D eigenvalue weighted by Crippen LogP contribution is 2.28. The Labute approximate surface area is 120 Å². The molecule has 0 spiro atoms. The number of para-hydroxylation sites is 1. The number of benzene rings is 1. The number of hydrogen-bond donors (Lipinski definition) is 1. The molecule has 0 radical (unpaired) electrons. The first-order chi connectivity index (χ1) is 9.59. The number of carbonyl (C=O) groups excluding carboxylic acids is 1. The summed E-state index contributed by atoms with van der Waals surface area (Å²) in [5.41, 5.74) is 1.19. The van der Waals surface area contributed by atoms with Gasteiger partial charge in [-0.15, -0.1) is 0 Å². The molecule has 4 nitrogen and oxygen atoms in total.